The lowest BCUT2D eigenvalue weighted by atomic mass is 9.73. The first kappa shape index (κ1) is 14.1. The number of halogens is 2. The summed E-state index contributed by atoms with van der Waals surface area (Å²) in [5.41, 5.74) is 0.673. The zero-order valence-corrected chi connectivity index (χ0v) is 13.1. The van der Waals surface area contributed by atoms with Crippen LogP contribution >= 0.6 is 27.5 Å². The zero-order chi connectivity index (χ0) is 13.3. The van der Waals surface area contributed by atoms with Gasteiger partial charge in [0.05, 0.1) is 5.02 Å². The van der Waals surface area contributed by atoms with E-state index in [2.05, 4.69) is 29.8 Å². The highest BCUT2D eigenvalue weighted by Crippen LogP contribution is 2.36. The van der Waals surface area contributed by atoms with Gasteiger partial charge < -0.3 is 0 Å². The standard InChI is InChI=1S/C15H18BrClO/c1-9-3-4-11(7-10(9)2)15(18)13-6-5-12(16)8-14(13)17/h5-6,8-11H,3-4,7H2,1-2H3. The summed E-state index contributed by atoms with van der Waals surface area (Å²) in [5.74, 6) is 1.72. The van der Waals surface area contributed by atoms with Crippen LogP contribution in [0.5, 0.6) is 0 Å². The van der Waals surface area contributed by atoms with Crippen molar-refractivity contribution in [2.45, 2.75) is 33.1 Å². The Labute approximate surface area is 122 Å². The Hall–Kier alpha value is -0.340. The van der Waals surface area contributed by atoms with Crippen LogP contribution in [0.15, 0.2) is 22.7 Å². The Balaban J connectivity index is 2.16. The van der Waals surface area contributed by atoms with Crippen LogP contribution in [0.1, 0.15) is 43.5 Å². The Morgan fingerprint density at radius 1 is 1.28 bits per heavy atom. The molecular formula is C15H18BrClO. The highest BCUT2D eigenvalue weighted by atomic mass is 79.9. The lowest BCUT2D eigenvalue weighted by Crippen LogP contribution is -2.26. The highest BCUT2D eigenvalue weighted by molar-refractivity contribution is 9.10. The summed E-state index contributed by atoms with van der Waals surface area (Å²) in [6.45, 7) is 4.52. The van der Waals surface area contributed by atoms with Gasteiger partial charge in [-0.1, -0.05) is 41.4 Å². The van der Waals surface area contributed by atoms with Gasteiger partial charge in [0.15, 0.2) is 5.78 Å². The molecular weight excluding hydrogens is 312 g/mol. The second-order valence-electron chi connectivity index (χ2n) is 5.45. The minimum absolute atomic E-state index is 0.148. The Morgan fingerprint density at radius 3 is 2.61 bits per heavy atom. The normalized spacial score (nSPS) is 28.1. The van der Waals surface area contributed by atoms with Gasteiger partial charge in [0.2, 0.25) is 0 Å². The Bertz CT molecular complexity index is 458. The van der Waals surface area contributed by atoms with E-state index in [1.807, 2.05) is 12.1 Å². The number of carbonyl (C=O) groups is 1. The molecule has 18 heavy (non-hydrogen) atoms. The van der Waals surface area contributed by atoms with E-state index in [9.17, 15) is 4.79 Å². The minimum Gasteiger partial charge on any atom is -0.294 e. The molecule has 0 saturated heterocycles. The molecule has 1 fully saturated rings. The van der Waals surface area contributed by atoms with Crippen molar-refractivity contribution in [1.29, 1.82) is 0 Å². The molecule has 1 aromatic carbocycles. The number of Topliss-reactive ketones (excluding diaryl/α,β-unsaturated/α-hetero) is 1. The van der Waals surface area contributed by atoms with Crippen LogP contribution in [-0.2, 0) is 0 Å². The number of ketones is 1. The van der Waals surface area contributed by atoms with Gasteiger partial charge in [-0.05, 0) is 49.3 Å². The maximum atomic E-state index is 12.5. The second kappa shape index (κ2) is 5.75. The van der Waals surface area contributed by atoms with Crippen molar-refractivity contribution in [2.24, 2.45) is 17.8 Å². The molecule has 3 heteroatoms. The lowest BCUT2D eigenvalue weighted by Gasteiger charge is -2.31. The molecule has 0 amide bonds. The molecule has 0 bridgehead atoms. The Kier molecular flexibility index (Phi) is 4.50. The average Bonchev–Trinajstić information content (AvgIpc) is 2.32. The third-order valence-corrected chi connectivity index (χ3v) is 4.97. The van der Waals surface area contributed by atoms with E-state index in [-0.39, 0.29) is 11.7 Å². The van der Waals surface area contributed by atoms with Crippen molar-refractivity contribution in [3.63, 3.8) is 0 Å². The van der Waals surface area contributed by atoms with Gasteiger partial charge in [0.25, 0.3) is 0 Å². The summed E-state index contributed by atoms with van der Waals surface area (Å²) in [5, 5.41) is 0.556. The number of benzene rings is 1. The molecule has 2 rings (SSSR count). The number of hydrogen-bond acceptors (Lipinski definition) is 1. The quantitative estimate of drug-likeness (QED) is 0.668. The van der Waals surface area contributed by atoms with Crippen LogP contribution in [-0.4, -0.2) is 5.78 Å². The molecule has 1 nitrogen and oxygen atoms in total. The first-order valence-corrected chi connectivity index (χ1v) is 7.65. The van der Waals surface area contributed by atoms with E-state index >= 15 is 0 Å². The maximum absolute atomic E-state index is 12.5. The van der Waals surface area contributed by atoms with E-state index in [4.69, 9.17) is 11.6 Å². The van der Waals surface area contributed by atoms with E-state index < -0.39 is 0 Å². The molecule has 0 spiro atoms. The first-order valence-electron chi connectivity index (χ1n) is 6.48. The molecule has 1 aromatic rings. The fourth-order valence-corrected chi connectivity index (χ4v) is 3.46. The van der Waals surface area contributed by atoms with Crippen LogP contribution < -0.4 is 0 Å². The summed E-state index contributed by atoms with van der Waals surface area (Å²) < 4.78 is 0.912. The fourth-order valence-electron chi connectivity index (χ4n) is 2.69. The van der Waals surface area contributed by atoms with Crippen LogP contribution in [0.4, 0.5) is 0 Å². The second-order valence-corrected chi connectivity index (χ2v) is 6.78. The van der Waals surface area contributed by atoms with Crippen molar-refractivity contribution in [2.75, 3.05) is 0 Å². The van der Waals surface area contributed by atoms with Gasteiger partial charge in [-0.25, -0.2) is 0 Å². The summed E-state index contributed by atoms with van der Waals surface area (Å²) in [6, 6.07) is 5.51. The van der Waals surface area contributed by atoms with E-state index in [0.717, 1.165) is 29.7 Å². The van der Waals surface area contributed by atoms with E-state index in [1.165, 1.54) is 0 Å². The van der Waals surface area contributed by atoms with Crippen LogP contribution in [0.2, 0.25) is 5.02 Å². The third-order valence-electron chi connectivity index (χ3n) is 4.17. The van der Waals surface area contributed by atoms with Crippen molar-refractivity contribution in [3.05, 3.63) is 33.3 Å². The molecule has 0 heterocycles. The van der Waals surface area contributed by atoms with Gasteiger partial charge >= 0.3 is 0 Å². The van der Waals surface area contributed by atoms with Gasteiger partial charge in [-0.3, -0.25) is 4.79 Å². The molecule has 3 unspecified atom stereocenters. The maximum Gasteiger partial charge on any atom is 0.167 e. The third kappa shape index (κ3) is 2.97. The Morgan fingerprint density at radius 2 is 2.00 bits per heavy atom. The summed E-state index contributed by atoms with van der Waals surface area (Å²) in [4.78, 5) is 12.5. The summed E-state index contributed by atoms with van der Waals surface area (Å²) in [7, 11) is 0. The average molecular weight is 330 g/mol. The van der Waals surface area contributed by atoms with E-state index in [1.54, 1.807) is 6.07 Å². The lowest BCUT2D eigenvalue weighted by molar-refractivity contribution is 0.0838. The largest absolute Gasteiger partial charge is 0.294 e. The minimum atomic E-state index is 0.148. The van der Waals surface area contributed by atoms with Gasteiger partial charge in [-0.15, -0.1) is 0 Å². The van der Waals surface area contributed by atoms with Crippen LogP contribution in [0.3, 0.4) is 0 Å². The molecule has 1 saturated carbocycles. The number of carbonyl (C=O) groups excluding carboxylic acids is 1. The smallest absolute Gasteiger partial charge is 0.167 e. The zero-order valence-electron chi connectivity index (χ0n) is 10.7. The first-order chi connectivity index (χ1) is 8.49. The fraction of sp³-hybridized carbons (Fsp3) is 0.533. The predicted octanol–water partition coefficient (Wildman–Crippen LogP) is 5.36. The van der Waals surface area contributed by atoms with Gasteiger partial charge in [0.1, 0.15) is 0 Å². The predicted molar refractivity (Wildman–Crippen MR) is 79.2 cm³/mol. The highest BCUT2D eigenvalue weighted by Gasteiger charge is 2.30. The molecule has 98 valence electrons. The van der Waals surface area contributed by atoms with Gasteiger partial charge in [0, 0.05) is 16.0 Å². The molecule has 0 aromatic heterocycles. The van der Waals surface area contributed by atoms with Crippen molar-refractivity contribution in [1.82, 2.24) is 0 Å². The SMILES string of the molecule is CC1CCC(C(=O)c2ccc(Br)cc2Cl)CC1C. The molecule has 0 aliphatic heterocycles. The molecule has 0 radical (unpaired) electrons. The summed E-state index contributed by atoms with van der Waals surface area (Å²) >= 11 is 9.52. The van der Waals surface area contributed by atoms with E-state index in [0.29, 0.717) is 16.5 Å². The van der Waals surface area contributed by atoms with Crippen molar-refractivity contribution >= 4 is 33.3 Å². The monoisotopic (exact) mass is 328 g/mol. The van der Waals surface area contributed by atoms with Crippen LogP contribution in [0.25, 0.3) is 0 Å². The molecule has 0 N–H and O–H groups in total. The number of rotatable bonds is 2. The van der Waals surface area contributed by atoms with Crippen molar-refractivity contribution in [3.8, 4) is 0 Å². The summed E-state index contributed by atoms with van der Waals surface area (Å²) in [6.07, 6.45) is 3.13. The van der Waals surface area contributed by atoms with Gasteiger partial charge in [-0.2, -0.15) is 0 Å². The molecule has 3 atom stereocenters. The topological polar surface area (TPSA) is 17.1 Å². The molecule has 1 aliphatic carbocycles. The number of hydrogen-bond donors (Lipinski definition) is 0. The van der Waals surface area contributed by atoms with Crippen LogP contribution in [0, 0.1) is 17.8 Å². The molecule has 1 aliphatic rings. The van der Waals surface area contributed by atoms with Crippen molar-refractivity contribution < 1.29 is 4.79 Å².